The Kier molecular flexibility index (Phi) is 4.49. The normalized spacial score (nSPS) is 12.6. The van der Waals surface area contributed by atoms with E-state index in [2.05, 4.69) is 55.0 Å². The molecule has 3 aromatic heterocycles. The van der Waals surface area contributed by atoms with Gasteiger partial charge in [0.1, 0.15) is 5.01 Å². The molecule has 0 fully saturated rings. The molecule has 5 aromatic rings. The number of nitrogens with one attached hydrogen (secondary N) is 3. The molecule has 1 atom stereocenters. The molecule has 0 radical (unpaired) electrons. The lowest BCUT2D eigenvalue weighted by Gasteiger charge is -2.11. The van der Waals surface area contributed by atoms with Crippen LogP contribution in [0.2, 0.25) is 0 Å². The van der Waals surface area contributed by atoms with Crippen molar-refractivity contribution in [3.8, 4) is 10.6 Å². The van der Waals surface area contributed by atoms with Gasteiger partial charge in [-0.05, 0) is 43.2 Å². The molecule has 3 heterocycles. The standard InChI is InChI=1S/C21H21N7S/c1-12-17-9-13(6-7-19(17)26-25-12)20-27-28-21(29-20)24-11-15(22)8-14-10-23-18-5-3-2-4-16(14)18/h2-7,9-10,15,23H,8,11,22H2,1H3,(H,24,28)(H,25,26). The topological polar surface area (TPSA) is 108 Å². The average molecular weight is 404 g/mol. The van der Waals surface area contributed by atoms with Crippen LogP contribution >= 0.6 is 11.3 Å². The van der Waals surface area contributed by atoms with Crippen LogP contribution < -0.4 is 11.1 Å². The number of rotatable bonds is 6. The minimum absolute atomic E-state index is 0.0218. The highest BCUT2D eigenvalue weighted by atomic mass is 32.1. The number of aromatic nitrogens is 5. The van der Waals surface area contributed by atoms with Gasteiger partial charge in [0.25, 0.3) is 0 Å². The molecule has 146 valence electrons. The summed E-state index contributed by atoms with van der Waals surface area (Å²) in [5, 5.41) is 23.2. The average Bonchev–Trinajstić information content (AvgIpc) is 3.46. The first-order valence-electron chi connectivity index (χ1n) is 9.50. The van der Waals surface area contributed by atoms with Gasteiger partial charge in [-0.15, -0.1) is 10.2 Å². The van der Waals surface area contributed by atoms with Gasteiger partial charge >= 0.3 is 0 Å². The third-order valence-corrected chi connectivity index (χ3v) is 6.02. The molecule has 5 N–H and O–H groups in total. The van der Waals surface area contributed by atoms with E-state index in [1.807, 2.05) is 31.3 Å². The summed E-state index contributed by atoms with van der Waals surface area (Å²) < 4.78 is 0. The number of aryl methyl sites for hydroxylation is 1. The molecule has 0 bridgehead atoms. The summed E-state index contributed by atoms with van der Waals surface area (Å²) in [5.74, 6) is 0. The van der Waals surface area contributed by atoms with Crippen LogP contribution in [0.3, 0.4) is 0 Å². The Hall–Kier alpha value is -3.23. The summed E-state index contributed by atoms with van der Waals surface area (Å²) >= 11 is 1.53. The monoisotopic (exact) mass is 403 g/mol. The largest absolute Gasteiger partial charge is 0.361 e. The van der Waals surface area contributed by atoms with E-state index in [9.17, 15) is 0 Å². The Balaban J connectivity index is 1.25. The minimum atomic E-state index is -0.0218. The maximum absolute atomic E-state index is 6.36. The Bertz CT molecular complexity index is 1280. The van der Waals surface area contributed by atoms with Crippen LogP contribution in [-0.4, -0.2) is 38.0 Å². The first-order valence-corrected chi connectivity index (χ1v) is 10.3. The Labute approximate surface area is 171 Å². The molecule has 0 aliphatic rings. The minimum Gasteiger partial charge on any atom is -0.361 e. The summed E-state index contributed by atoms with van der Waals surface area (Å²) in [6, 6.07) is 14.4. The molecule has 0 spiro atoms. The zero-order chi connectivity index (χ0) is 19.8. The van der Waals surface area contributed by atoms with Gasteiger partial charge < -0.3 is 16.0 Å². The molecule has 1 unspecified atom stereocenters. The van der Waals surface area contributed by atoms with Crippen LogP contribution in [0.1, 0.15) is 11.3 Å². The van der Waals surface area contributed by atoms with Gasteiger partial charge in [-0.3, -0.25) is 5.10 Å². The van der Waals surface area contributed by atoms with E-state index >= 15 is 0 Å². The lowest BCUT2D eigenvalue weighted by molar-refractivity contribution is 0.701. The molecule has 0 saturated heterocycles. The Morgan fingerprint density at radius 2 is 2.03 bits per heavy atom. The van der Waals surface area contributed by atoms with Crippen molar-refractivity contribution in [3.63, 3.8) is 0 Å². The molecule has 5 rings (SSSR count). The molecular weight excluding hydrogens is 382 g/mol. The van der Waals surface area contributed by atoms with E-state index in [0.717, 1.165) is 44.2 Å². The third-order valence-electron chi connectivity index (χ3n) is 5.09. The van der Waals surface area contributed by atoms with Crippen molar-refractivity contribution in [1.29, 1.82) is 0 Å². The molecule has 29 heavy (non-hydrogen) atoms. The number of hydrogen-bond donors (Lipinski definition) is 4. The van der Waals surface area contributed by atoms with Gasteiger partial charge in [-0.25, -0.2) is 0 Å². The molecule has 0 aliphatic heterocycles. The highest BCUT2D eigenvalue weighted by Gasteiger charge is 2.12. The zero-order valence-electron chi connectivity index (χ0n) is 15.9. The van der Waals surface area contributed by atoms with Crippen LogP contribution in [0.5, 0.6) is 0 Å². The number of fused-ring (bicyclic) bond motifs is 2. The number of para-hydroxylation sites is 1. The van der Waals surface area contributed by atoms with Crippen molar-refractivity contribution in [2.45, 2.75) is 19.4 Å². The second-order valence-electron chi connectivity index (χ2n) is 7.20. The lowest BCUT2D eigenvalue weighted by atomic mass is 10.1. The highest BCUT2D eigenvalue weighted by molar-refractivity contribution is 7.18. The number of anilines is 1. The zero-order valence-corrected chi connectivity index (χ0v) is 16.8. The van der Waals surface area contributed by atoms with Crippen molar-refractivity contribution < 1.29 is 0 Å². The fourth-order valence-corrected chi connectivity index (χ4v) is 4.30. The van der Waals surface area contributed by atoms with Crippen LogP contribution in [-0.2, 0) is 6.42 Å². The number of benzene rings is 2. The van der Waals surface area contributed by atoms with Gasteiger partial charge in [0.15, 0.2) is 0 Å². The van der Waals surface area contributed by atoms with E-state index < -0.39 is 0 Å². The van der Waals surface area contributed by atoms with Gasteiger partial charge in [-0.2, -0.15) is 5.10 Å². The molecule has 2 aromatic carbocycles. The van der Waals surface area contributed by atoms with E-state index in [0.29, 0.717) is 6.54 Å². The second-order valence-corrected chi connectivity index (χ2v) is 8.18. The summed E-state index contributed by atoms with van der Waals surface area (Å²) in [7, 11) is 0. The van der Waals surface area contributed by atoms with E-state index in [-0.39, 0.29) is 6.04 Å². The quantitative estimate of drug-likeness (QED) is 0.344. The van der Waals surface area contributed by atoms with Crippen molar-refractivity contribution >= 4 is 38.3 Å². The summed E-state index contributed by atoms with van der Waals surface area (Å²) in [6.07, 6.45) is 2.83. The number of hydrogen-bond acceptors (Lipinski definition) is 6. The third kappa shape index (κ3) is 3.48. The summed E-state index contributed by atoms with van der Waals surface area (Å²) in [5.41, 5.74) is 11.8. The summed E-state index contributed by atoms with van der Waals surface area (Å²) in [4.78, 5) is 3.30. The van der Waals surface area contributed by atoms with Gasteiger partial charge in [0.05, 0.1) is 5.52 Å². The number of nitrogens with two attached hydrogens (primary N) is 1. The molecule has 0 saturated carbocycles. The van der Waals surface area contributed by atoms with E-state index in [1.165, 1.54) is 22.3 Å². The summed E-state index contributed by atoms with van der Waals surface area (Å²) in [6.45, 7) is 2.65. The van der Waals surface area contributed by atoms with Crippen LogP contribution in [0.4, 0.5) is 5.13 Å². The van der Waals surface area contributed by atoms with Crippen LogP contribution in [0, 0.1) is 6.92 Å². The molecule has 0 amide bonds. The first kappa shape index (κ1) is 17.8. The maximum atomic E-state index is 6.36. The fourth-order valence-electron chi connectivity index (χ4n) is 3.56. The van der Waals surface area contributed by atoms with E-state index in [1.54, 1.807) is 0 Å². The Morgan fingerprint density at radius 1 is 1.14 bits per heavy atom. The van der Waals surface area contributed by atoms with Crippen molar-refractivity contribution in [3.05, 3.63) is 59.9 Å². The molecular formula is C21H21N7S. The molecule has 7 nitrogen and oxygen atoms in total. The van der Waals surface area contributed by atoms with Gasteiger partial charge in [0, 0.05) is 46.3 Å². The molecule has 8 heteroatoms. The van der Waals surface area contributed by atoms with Crippen molar-refractivity contribution in [2.75, 3.05) is 11.9 Å². The lowest BCUT2D eigenvalue weighted by Crippen LogP contribution is -2.31. The smallest absolute Gasteiger partial charge is 0.206 e. The fraction of sp³-hybridized carbons (Fsp3) is 0.190. The number of nitrogens with zero attached hydrogens (tertiary/aromatic N) is 3. The SMILES string of the molecule is Cc1[nH]nc2ccc(-c3nnc(NCC(N)Cc4c[nH]c5ccccc45)s3)cc12. The highest BCUT2D eigenvalue weighted by Crippen LogP contribution is 2.29. The maximum Gasteiger partial charge on any atom is 0.206 e. The molecule has 0 aliphatic carbocycles. The predicted molar refractivity (Wildman–Crippen MR) is 118 cm³/mol. The number of aromatic amines is 2. The van der Waals surface area contributed by atoms with Crippen molar-refractivity contribution in [1.82, 2.24) is 25.4 Å². The predicted octanol–water partition coefficient (Wildman–Crippen LogP) is 3.85. The first-order chi connectivity index (χ1) is 14.2. The van der Waals surface area contributed by atoms with Crippen LogP contribution in [0.25, 0.3) is 32.4 Å². The second kappa shape index (κ2) is 7.31. The van der Waals surface area contributed by atoms with Crippen molar-refractivity contribution in [2.24, 2.45) is 5.73 Å². The van der Waals surface area contributed by atoms with Gasteiger partial charge in [-0.1, -0.05) is 29.5 Å². The van der Waals surface area contributed by atoms with Crippen LogP contribution in [0.15, 0.2) is 48.7 Å². The Morgan fingerprint density at radius 3 is 2.97 bits per heavy atom. The van der Waals surface area contributed by atoms with Gasteiger partial charge in [0.2, 0.25) is 5.13 Å². The van der Waals surface area contributed by atoms with E-state index in [4.69, 9.17) is 5.73 Å². The number of H-pyrrole nitrogens is 2.